The largest absolute Gasteiger partial charge is 0.344 e. The molecule has 7 heteroatoms. The first-order valence-electron chi connectivity index (χ1n) is 9.40. The first-order valence-corrected chi connectivity index (χ1v) is 9.81. The molecule has 0 aliphatic carbocycles. The minimum atomic E-state index is -0.537. The number of thiocarbonyl (C=S) groups is 1. The Kier molecular flexibility index (Phi) is 4.92. The minimum Gasteiger partial charge on any atom is -0.344 e. The first-order chi connectivity index (χ1) is 13.8. The van der Waals surface area contributed by atoms with Crippen LogP contribution in [-0.4, -0.2) is 23.0 Å². The van der Waals surface area contributed by atoms with Crippen LogP contribution in [0.4, 0.5) is 15.8 Å². The van der Waals surface area contributed by atoms with Crippen molar-refractivity contribution in [2.45, 2.75) is 32.7 Å². The molecule has 2 heterocycles. The molecule has 29 heavy (non-hydrogen) atoms. The van der Waals surface area contributed by atoms with E-state index < -0.39 is 11.8 Å². The Morgan fingerprint density at radius 3 is 2.76 bits per heavy atom. The Morgan fingerprint density at radius 2 is 2.00 bits per heavy atom. The summed E-state index contributed by atoms with van der Waals surface area (Å²) < 4.78 is 13.6. The van der Waals surface area contributed by atoms with Crippen LogP contribution in [-0.2, 0) is 16.0 Å². The molecule has 2 aliphatic rings. The number of anilines is 2. The average molecular weight is 409 g/mol. The van der Waals surface area contributed by atoms with Crippen molar-refractivity contribution in [1.29, 1.82) is 0 Å². The molecule has 4 rings (SSSR count). The summed E-state index contributed by atoms with van der Waals surface area (Å²) in [6, 6.07) is 12.0. The number of rotatable bonds is 2. The van der Waals surface area contributed by atoms with E-state index in [4.69, 9.17) is 12.2 Å². The van der Waals surface area contributed by atoms with Crippen molar-refractivity contribution in [3.05, 3.63) is 71.2 Å². The van der Waals surface area contributed by atoms with E-state index >= 15 is 0 Å². The molecule has 148 valence electrons. The van der Waals surface area contributed by atoms with Crippen molar-refractivity contribution < 1.29 is 14.0 Å². The summed E-state index contributed by atoms with van der Waals surface area (Å²) in [5.41, 5.74) is 3.22. The summed E-state index contributed by atoms with van der Waals surface area (Å²) in [4.78, 5) is 29.0. The van der Waals surface area contributed by atoms with Gasteiger partial charge >= 0.3 is 0 Å². The summed E-state index contributed by atoms with van der Waals surface area (Å²) in [5.74, 6) is -1.32. The highest BCUT2D eigenvalue weighted by Crippen LogP contribution is 2.32. The third-order valence-corrected chi connectivity index (χ3v) is 5.54. The van der Waals surface area contributed by atoms with Gasteiger partial charge in [0, 0.05) is 17.9 Å². The number of carbonyl (C=O) groups excluding carboxylic acids is 2. The topological polar surface area (TPSA) is 52.7 Å². The first kappa shape index (κ1) is 19.3. The van der Waals surface area contributed by atoms with Crippen LogP contribution in [0.5, 0.6) is 0 Å². The maximum Gasteiger partial charge on any atom is 0.271 e. The molecule has 1 atom stereocenters. The normalized spacial score (nSPS) is 20.7. The van der Waals surface area contributed by atoms with E-state index in [1.54, 1.807) is 18.3 Å². The van der Waals surface area contributed by atoms with Crippen molar-refractivity contribution in [2.75, 3.05) is 9.80 Å². The van der Waals surface area contributed by atoms with E-state index in [0.29, 0.717) is 5.69 Å². The average Bonchev–Trinajstić information content (AvgIpc) is 2.66. The SMILES string of the molecule is Cc1cccc(N2C(=O)/C(=C\N3c4ccc(F)cc4CC[C@@H]3C)C(=O)NC2=S)c1. The fourth-order valence-corrected chi connectivity index (χ4v) is 4.01. The summed E-state index contributed by atoms with van der Waals surface area (Å²) in [5, 5.41) is 2.66. The zero-order valence-electron chi connectivity index (χ0n) is 16.1. The standard InChI is InChI=1S/C22H20FN3O2S/c1-13-4-3-5-17(10-13)26-21(28)18(20(27)24-22(26)29)12-25-14(2)6-7-15-11-16(23)8-9-19(15)25/h3-5,8-12,14H,6-7H2,1-2H3,(H,24,27,29)/b18-12-/t14-/m0/s1. The second-order valence-corrected chi connectivity index (χ2v) is 7.74. The van der Waals surface area contributed by atoms with E-state index in [1.807, 2.05) is 36.9 Å². The lowest BCUT2D eigenvalue weighted by molar-refractivity contribution is -0.122. The van der Waals surface area contributed by atoms with E-state index in [1.165, 1.54) is 17.0 Å². The maximum absolute atomic E-state index is 13.6. The second-order valence-electron chi connectivity index (χ2n) is 7.35. The van der Waals surface area contributed by atoms with Gasteiger partial charge < -0.3 is 4.90 Å². The van der Waals surface area contributed by atoms with Crippen molar-refractivity contribution in [2.24, 2.45) is 0 Å². The lowest BCUT2D eigenvalue weighted by atomic mass is 9.96. The Labute approximate surface area is 173 Å². The quantitative estimate of drug-likeness (QED) is 0.468. The Hall–Kier alpha value is -3.06. The van der Waals surface area contributed by atoms with Crippen molar-refractivity contribution in [3.63, 3.8) is 0 Å². The zero-order valence-corrected chi connectivity index (χ0v) is 16.9. The number of hydrogen-bond donors (Lipinski definition) is 1. The number of benzene rings is 2. The van der Waals surface area contributed by atoms with Gasteiger partial charge in [0.1, 0.15) is 11.4 Å². The third-order valence-electron chi connectivity index (χ3n) is 5.26. The smallest absolute Gasteiger partial charge is 0.271 e. The predicted octanol–water partition coefficient (Wildman–Crippen LogP) is 3.61. The molecule has 0 radical (unpaired) electrons. The van der Waals surface area contributed by atoms with Gasteiger partial charge in [0.05, 0.1) is 5.69 Å². The lowest BCUT2D eigenvalue weighted by Crippen LogP contribution is -2.55. The number of carbonyl (C=O) groups is 2. The maximum atomic E-state index is 13.6. The summed E-state index contributed by atoms with van der Waals surface area (Å²) in [6.45, 7) is 3.93. The van der Waals surface area contributed by atoms with Gasteiger partial charge in [-0.25, -0.2) is 4.39 Å². The fourth-order valence-electron chi connectivity index (χ4n) is 3.73. The van der Waals surface area contributed by atoms with Gasteiger partial charge in [0.25, 0.3) is 11.8 Å². The van der Waals surface area contributed by atoms with Gasteiger partial charge in [0.15, 0.2) is 5.11 Å². The molecule has 2 aromatic carbocycles. The Morgan fingerprint density at radius 1 is 1.21 bits per heavy atom. The molecule has 1 fully saturated rings. The number of aryl methyl sites for hydroxylation is 2. The second kappa shape index (κ2) is 7.40. The number of fused-ring (bicyclic) bond motifs is 1. The van der Waals surface area contributed by atoms with E-state index in [9.17, 15) is 14.0 Å². The molecule has 2 aromatic rings. The van der Waals surface area contributed by atoms with Crippen molar-refractivity contribution in [1.82, 2.24) is 5.32 Å². The molecule has 0 bridgehead atoms. The molecule has 1 saturated heterocycles. The summed E-state index contributed by atoms with van der Waals surface area (Å²) in [7, 11) is 0. The molecule has 1 N–H and O–H groups in total. The molecule has 0 unspecified atom stereocenters. The number of hydrogen-bond acceptors (Lipinski definition) is 4. The van der Waals surface area contributed by atoms with Gasteiger partial charge in [-0.2, -0.15) is 0 Å². The molecular formula is C22H20FN3O2S. The summed E-state index contributed by atoms with van der Waals surface area (Å²) in [6.07, 6.45) is 3.09. The predicted molar refractivity (Wildman–Crippen MR) is 114 cm³/mol. The van der Waals surface area contributed by atoms with Gasteiger partial charge in [-0.3, -0.25) is 19.8 Å². The van der Waals surface area contributed by atoms with Gasteiger partial charge in [-0.1, -0.05) is 12.1 Å². The minimum absolute atomic E-state index is 0.0101. The third kappa shape index (κ3) is 3.53. The van der Waals surface area contributed by atoms with Crippen LogP contribution in [0.15, 0.2) is 54.2 Å². The number of nitrogens with one attached hydrogen (secondary N) is 1. The van der Waals surface area contributed by atoms with Crippen LogP contribution in [0, 0.1) is 12.7 Å². The lowest BCUT2D eigenvalue weighted by Gasteiger charge is -2.36. The van der Waals surface area contributed by atoms with Crippen molar-refractivity contribution >= 4 is 40.5 Å². The molecular weight excluding hydrogens is 389 g/mol. The molecule has 0 saturated carbocycles. The number of amides is 2. The highest BCUT2D eigenvalue weighted by Gasteiger charge is 2.36. The van der Waals surface area contributed by atoms with E-state index in [-0.39, 0.29) is 22.5 Å². The molecule has 0 aromatic heterocycles. The van der Waals surface area contributed by atoms with Crippen LogP contribution in [0.3, 0.4) is 0 Å². The molecule has 2 aliphatic heterocycles. The van der Waals surface area contributed by atoms with Gasteiger partial charge in [-0.05, 0) is 80.4 Å². The van der Waals surface area contributed by atoms with Crippen LogP contribution >= 0.6 is 12.2 Å². The molecule has 5 nitrogen and oxygen atoms in total. The Bertz CT molecular complexity index is 1070. The van der Waals surface area contributed by atoms with Crippen LogP contribution in [0.25, 0.3) is 0 Å². The van der Waals surface area contributed by atoms with Crippen molar-refractivity contribution in [3.8, 4) is 0 Å². The van der Waals surface area contributed by atoms with Gasteiger partial charge in [0.2, 0.25) is 0 Å². The van der Waals surface area contributed by atoms with E-state index in [2.05, 4.69) is 5.32 Å². The summed E-state index contributed by atoms with van der Waals surface area (Å²) >= 11 is 5.26. The molecule has 2 amide bonds. The monoisotopic (exact) mass is 409 g/mol. The van der Waals surface area contributed by atoms with E-state index in [0.717, 1.165) is 29.7 Å². The fraction of sp³-hybridized carbons (Fsp3) is 0.227. The Balaban J connectivity index is 1.76. The zero-order chi connectivity index (χ0) is 20.7. The van der Waals surface area contributed by atoms with Gasteiger partial charge in [-0.15, -0.1) is 0 Å². The van der Waals surface area contributed by atoms with Crippen LogP contribution in [0.1, 0.15) is 24.5 Å². The highest BCUT2D eigenvalue weighted by atomic mass is 32.1. The molecule has 0 spiro atoms. The number of halogens is 1. The number of nitrogens with zero attached hydrogens (tertiary/aromatic N) is 2. The van der Waals surface area contributed by atoms with Crippen LogP contribution < -0.4 is 15.1 Å². The van der Waals surface area contributed by atoms with Crippen LogP contribution in [0.2, 0.25) is 0 Å². The highest BCUT2D eigenvalue weighted by molar-refractivity contribution is 7.80.